The summed E-state index contributed by atoms with van der Waals surface area (Å²) in [6, 6.07) is 0. The van der Waals surface area contributed by atoms with Gasteiger partial charge in [-0.1, -0.05) is 26.2 Å². The van der Waals surface area contributed by atoms with E-state index in [2.05, 4.69) is 6.92 Å². The molecule has 0 amide bonds. The van der Waals surface area contributed by atoms with Crippen molar-refractivity contribution < 1.29 is 4.74 Å². The maximum absolute atomic E-state index is 5.40. The van der Waals surface area contributed by atoms with Crippen molar-refractivity contribution >= 4 is 0 Å². The average Bonchev–Trinajstić information content (AvgIpc) is 2.07. The molecule has 1 aliphatic rings. The van der Waals surface area contributed by atoms with Crippen LogP contribution < -0.4 is 0 Å². The second kappa shape index (κ2) is 5.59. The van der Waals surface area contributed by atoms with E-state index in [0.717, 1.165) is 18.9 Å². The van der Waals surface area contributed by atoms with E-state index in [1.54, 1.807) is 0 Å². The monoisotopic (exact) mass is 155 g/mol. The van der Waals surface area contributed by atoms with Gasteiger partial charge in [-0.2, -0.15) is 0 Å². The molecule has 0 saturated heterocycles. The van der Waals surface area contributed by atoms with Crippen molar-refractivity contribution in [3.05, 3.63) is 6.61 Å². The fourth-order valence-corrected chi connectivity index (χ4v) is 1.68. The molecule has 1 heteroatoms. The molecule has 11 heavy (non-hydrogen) atoms. The molecule has 1 aliphatic carbocycles. The Kier molecular flexibility index (Phi) is 4.60. The lowest BCUT2D eigenvalue weighted by Crippen LogP contribution is -2.12. The van der Waals surface area contributed by atoms with Gasteiger partial charge in [0.15, 0.2) is 0 Å². The van der Waals surface area contributed by atoms with E-state index in [4.69, 9.17) is 4.74 Å². The lowest BCUT2D eigenvalue weighted by molar-refractivity contribution is 0.130. The predicted octanol–water partition coefficient (Wildman–Crippen LogP) is 3.16. The zero-order chi connectivity index (χ0) is 7.94. The first-order chi connectivity index (χ1) is 5.43. The molecule has 0 aromatic heterocycles. The van der Waals surface area contributed by atoms with Crippen LogP contribution in [0.25, 0.3) is 0 Å². The molecule has 1 saturated carbocycles. The highest BCUT2D eigenvalue weighted by Gasteiger charge is 2.12. The molecule has 0 aromatic rings. The Bertz CT molecular complexity index is 84.9. The summed E-state index contributed by atoms with van der Waals surface area (Å²) in [6.45, 7) is 5.00. The molecule has 0 heterocycles. The van der Waals surface area contributed by atoms with Crippen molar-refractivity contribution in [2.45, 2.75) is 45.4 Å². The third-order valence-electron chi connectivity index (χ3n) is 2.34. The standard InChI is InChI=1S/C10H19O/c1-2-8-11-9-10-6-4-3-5-7-10/h8,10H,2-7,9H2,1H3. The zero-order valence-electron chi connectivity index (χ0n) is 7.51. The summed E-state index contributed by atoms with van der Waals surface area (Å²) in [5, 5.41) is 0. The fourth-order valence-electron chi connectivity index (χ4n) is 1.68. The van der Waals surface area contributed by atoms with E-state index in [0.29, 0.717) is 0 Å². The number of hydrogen-bond acceptors (Lipinski definition) is 1. The number of rotatable bonds is 4. The van der Waals surface area contributed by atoms with Crippen LogP contribution in [0.2, 0.25) is 0 Å². The van der Waals surface area contributed by atoms with Gasteiger partial charge < -0.3 is 4.74 Å². The van der Waals surface area contributed by atoms with Crippen LogP contribution in [0.1, 0.15) is 45.4 Å². The van der Waals surface area contributed by atoms with Gasteiger partial charge in [0.1, 0.15) is 0 Å². The molecule has 1 rings (SSSR count). The Labute approximate surface area is 70.1 Å². The van der Waals surface area contributed by atoms with Crippen molar-refractivity contribution in [1.82, 2.24) is 0 Å². The molecule has 1 radical (unpaired) electrons. The molecule has 0 N–H and O–H groups in total. The summed E-state index contributed by atoms with van der Waals surface area (Å²) >= 11 is 0. The Morgan fingerprint density at radius 2 is 2.00 bits per heavy atom. The third-order valence-corrected chi connectivity index (χ3v) is 2.34. The number of hydrogen-bond donors (Lipinski definition) is 0. The van der Waals surface area contributed by atoms with Crippen LogP contribution >= 0.6 is 0 Å². The summed E-state index contributed by atoms with van der Waals surface area (Å²) in [7, 11) is 0. The van der Waals surface area contributed by atoms with Crippen molar-refractivity contribution in [1.29, 1.82) is 0 Å². The molecule has 1 nitrogen and oxygen atoms in total. The summed E-state index contributed by atoms with van der Waals surface area (Å²) in [4.78, 5) is 0. The van der Waals surface area contributed by atoms with Crippen molar-refractivity contribution in [3.63, 3.8) is 0 Å². The van der Waals surface area contributed by atoms with Gasteiger partial charge in [-0.25, -0.2) is 0 Å². The summed E-state index contributed by atoms with van der Waals surface area (Å²) in [5.41, 5.74) is 0. The van der Waals surface area contributed by atoms with Crippen LogP contribution in [0, 0.1) is 12.5 Å². The molecule has 0 atom stereocenters. The summed E-state index contributed by atoms with van der Waals surface area (Å²) in [6.07, 6.45) is 8.08. The van der Waals surface area contributed by atoms with E-state index < -0.39 is 0 Å². The van der Waals surface area contributed by atoms with Gasteiger partial charge >= 0.3 is 0 Å². The molecule has 65 valence electrons. The Hall–Kier alpha value is -0.0400. The largest absolute Gasteiger partial charge is 0.375 e. The fraction of sp³-hybridized carbons (Fsp3) is 0.900. The van der Waals surface area contributed by atoms with E-state index in [-0.39, 0.29) is 0 Å². The SMILES string of the molecule is CC[CH]OCC1CCCCC1. The van der Waals surface area contributed by atoms with Crippen molar-refractivity contribution in [2.24, 2.45) is 5.92 Å². The van der Waals surface area contributed by atoms with E-state index in [9.17, 15) is 0 Å². The van der Waals surface area contributed by atoms with E-state index >= 15 is 0 Å². The number of ether oxygens (including phenoxy) is 1. The minimum absolute atomic E-state index is 0.853. The maximum atomic E-state index is 5.40. The lowest BCUT2D eigenvalue weighted by atomic mass is 9.90. The van der Waals surface area contributed by atoms with Gasteiger partial charge in [0.05, 0.1) is 6.61 Å². The highest BCUT2D eigenvalue weighted by Crippen LogP contribution is 2.23. The molecule has 0 unspecified atom stereocenters. The molecule has 0 spiro atoms. The first-order valence-corrected chi connectivity index (χ1v) is 4.86. The Morgan fingerprint density at radius 3 is 2.64 bits per heavy atom. The topological polar surface area (TPSA) is 9.23 Å². The summed E-state index contributed by atoms with van der Waals surface area (Å²) < 4.78 is 5.40. The minimum Gasteiger partial charge on any atom is -0.375 e. The van der Waals surface area contributed by atoms with Crippen molar-refractivity contribution in [2.75, 3.05) is 6.61 Å². The first kappa shape index (κ1) is 9.05. The molecular formula is C10H19O. The highest BCUT2D eigenvalue weighted by molar-refractivity contribution is 4.65. The maximum Gasteiger partial charge on any atom is 0.0834 e. The quantitative estimate of drug-likeness (QED) is 0.567. The van der Waals surface area contributed by atoms with Crippen LogP contribution in [0.15, 0.2) is 0 Å². The van der Waals surface area contributed by atoms with Crippen LogP contribution in [-0.2, 0) is 4.74 Å². The van der Waals surface area contributed by atoms with Gasteiger partial charge in [0.25, 0.3) is 0 Å². The second-order valence-corrected chi connectivity index (χ2v) is 3.41. The van der Waals surface area contributed by atoms with Crippen molar-refractivity contribution in [3.8, 4) is 0 Å². The highest BCUT2D eigenvalue weighted by atomic mass is 16.5. The van der Waals surface area contributed by atoms with Crippen LogP contribution in [-0.4, -0.2) is 6.61 Å². The van der Waals surface area contributed by atoms with E-state index in [1.807, 2.05) is 6.61 Å². The molecule has 1 fully saturated rings. The van der Waals surface area contributed by atoms with Crippen LogP contribution in [0.4, 0.5) is 0 Å². The van der Waals surface area contributed by atoms with Crippen LogP contribution in [0.5, 0.6) is 0 Å². The van der Waals surface area contributed by atoms with Crippen LogP contribution in [0.3, 0.4) is 0 Å². The third kappa shape index (κ3) is 3.76. The van der Waals surface area contributed by atoms with Gasteiger partial charge in [0, 0.05) is 6.61 Å². The smallest absolute Gasteiger partial charge is 0.0834 e. The second-order valence-electron chi connectivity index (χ2n) is 3.41. The van der Waals surface area contributed by atoms with Gasteiger partial charge in [-0.15, -0.1) is 0 Å². The molecule has 0 aromatic carbocycles. The molecular weight excluding hydrogens is 136 g/mol. The van der Waals surface area contributed by atoms with Gasteiger partial charge in [-0.3, -0.25) is 0 Å². The predicted molar refractivity (Wildman–Crippen MR) is 47.1 cm³/mol. The average molecular weight is 155 g/mol. The molecule has 0 bridgehead atoms. The lowest BCUT2D eigenvalue weighted by Gasteiger charge is -2.20. The molecule has 0 aliphatic heterocycles. The first-order valence-electron chi connectivity index (χ1n) is 4.86. The normalized spacial score (nSPS) is 20.5. The Balaban J connectivity index is 1.96. The van der Waals surface area contributed by atoms with Gasteiger partial charge in [0.2, 0.25) is 0 Å². The summed E-state index contributed by atoms with van der Waals surface area (Å²) in [5.74, 6) is 0.853. The minimum atomic E-state index is 0.853. The van der Waals surface area contributed by atoms with Gasteiger partial charge in [-0.05, 0) is 25.2 Å². The zero-order valence-corrected chi connectivity index (χ0v) is 7.51. The van der Waals surface area contributed by atoms with E-state index in [1.165, 1.54) is 32.1 Å². The Morgan fingerprint density at radius 1 is 1.27 bits per heavy atom.